The van der Waals surface area contributed by atoms with Crippen LogP contribution < -0.4 is 5.73 Å². The van der Waals surface area contributed by atoms with Crippen molar-refractivity contribution in [2.24, 2.45) is 5.73 Å². The van der Waals surface area contributed by atoms with Gasteiger partial charge in [0, 0.05) is 12.1 Å². The van der Waals surface area contributed by atoms with E-state index < -0.39 is 23.5 Å². The zero-order valence-electron chi connectivity index (χ0n) is 9.15. The van der Waals surface area contributed by atoms with Crippen LogP contribution in [0.4, 0.5) is 13.2 Å². The zero-order valence-corrected chi connectivity index (χ0v) is 9.15. The highest BCUT2D eigenvalue weighted by Gasteiger charge is 2.16. The Labute approximate surface area is 100 Å². The summed E-state index contributed by atoms with van der Waals surface area (Å²) in [7, 11) is 0. The van der Waals surface area contributed by atoms with E-state index in [2.05, 4.69) is 4.98 Å². The third-order valence-electron chi connectivity index (χ3n) is 2.49. The number of hydrogen-bond acceptors (Lipinski definition) is 3. The summed E-state index contributed by atoms with van der Waals surface area (Å²) in [4.78, 5) is 3.75. The first-order valence-electron chi connectivity index (χ1n) is 5.08. The number of imidazole rings is 1. The standard InChI is InChI=1S/C11H10F3N3O/c12-6-1-8(14)10(2-7(6)13)17-5-16-3-11(17)9(15)4-18/h1-3,5,9,18H,4,15H2. The van der Waals surface area contributed by atoms with Crippen molar-refractivity contribution >= 4 is 0 Å². The van der Waals surface area contributed by atoms with Crippen LogP contribution in [0.3, 0.4) is 0 Å². The Morgan fingerprint density at radius 3 is 2.56 bits per heavy atom. The number of halogens is 3. The van der Waals surface area contributed by atoms with Crippen LogP contribution in [0.15, 0.2) is 24.7 Å². The van der Waals surface area contributed by atoms with Crippen LogP contribution in [0.5, 0.6) is 0 Å². The Kier molecular flexibility index (Phi) is 3.35. The lowest BCUT2D eigenvalue weighted by atomic mass is 10.2. The lowest BCUT2D eigenvalue weighted by Crippen LogP contribution is -2.18. The predicted molar refractivity (Wildman–Crippen MR) is 57.5 cm³/mol. The summed E-state index contributed by atoms with van der Waals surface area (Å²) in [5.41, 5.74) is 5.67. The second-order valence-corrected chi connectivity index (χ2v) is 3.70. The molecule has 1 heterocycles. The van der Waals surface area contributed by atoms with E-state index >= 15 is 0 Å². The minimum Gasteiger partial charge on any atom is -0.394 e. The van der Waals surface area contributed by atoms with E-state index in [1.807, 2.05) is 0 Å². The van der Waals surface area contributed by atoms with Crippen molar-refractivity contribution < 1.29 is 18.3 Å². The smallest absolute Gasteiger partial charge is 0.161 e. The van der Waals surface area contributed by atoms with E-state index in [1.54, 1.807) is 0 Å². The van der Waals surface area contributed by atoms with Gasteiger partial charge in [0.1, 0.15) is 5.82 Å². The molecule has 1 unspecified atom stereocenters. The van der Waals surface area contributed by atoms with Gasteiger partial charge >= 0.3 is 0 Å². The van der Waals surface area contributed by atoms with E-state index in [4.69, 9.17) is 10.8 Å². The molecule has 0 fully saturated rings. The minimum atomic E-state index is -1.27. The Hall–Kier alpha value is -1.86. The van der Waals surface area contributed by atoms with Crippen molar-refractivity contribution in [3.8, 4) is 5.69 Å². The van der Waals surface area contributed by atoms with Crippen LogP contribution >= 0.6 is 0 Å². The molecule has 1 aromatic carbocycles. The topological polar surface area (TPSA) is 64.1 Å². The molecule has 0 spiro atoms. The highest BCUT2D eigenvalue weighted by Crippen LogP contribution is 2.21. The fourth-order valence-corrected chi connectivity index (χ4v) is 1.57. The third kappa shape index (κ3) is 2.09. The highest BCUT2D eigenvalue weighted by molar-refractivity contribution is 5.37. The second-order valence-electron chi connectivity index (χ2n) is 3.70. The summed E-state index contributed by atoms with van der Waals surface area (Å²) in [6.45, 7) is -0.378. The molecular formula is C11H10F3N3O. The molecule has 0 aliphatic heterocycles. The fraction of sp³-hybridized carbons (Fsp3) is 0.182. The van der Waals surface area contributed by atoms with Gasteiger partial charge in [-0.3, -0.25) is 4.57 Å². The van der Waals surface area contributed by atoms with Crippen molar-refractivity contribution in [2.45, 2.75) is 6.04 Å². The first-order valence-corrected chi connectivity index (χ1v) is 5.08. The number of hydrogen-bond donors (Lipinski definition) is 2. The van der Waals surface area contributed by atoms with E-state index in [1.165, 1.54) is 17.1 Å². The van der Waals surface area contributed by atoms with Gasteiger partial charge in [-0.05, 0) is 0 Å². The molecule has 0 saturated heterocycles. The number of aliphatic hydroxyl groups excluding tert-OH is 1. The van der Waals surface area contributed by atoms with Crippen LogP contribution in [0.1, 0.15) is 11.7 Å². The maximum Gasteiger partial charge on any atom is 0.161 e. The number of nitrogens with two attached hydrogens (primary N) is 1. The van der Waals surface area contributed by atoms with Crippen LogP contribution in [0.2, 0.25) is 0 Å². The molecule has 0 radical (unpaired) electrons. The molecule has 96 valence electrons. The molecule has 18 heavy (non-hydrogen) atoms. The maximum atomic E-state index is 13.6. The molecule has 2 aromatic rings. The summed E-state index contributed by atoms with van der Waals surface area (Å²) < 4.78 is 40.7. The normalized spacial score (nSPS) is 12.7. The molecule has 0 saturated carbocycles. The Morgan fingerprint density at radius 1 is 1.22 bits per heavy atom. The number of aliphatic hydroxyl groups is 1. The van der Waals surface area contributed by atoms with Crippen molar-refractivity contribution in [3.05, 3.63) is 47.8 Å². The first kappa shape index (κ1) is 12.6. The molecule has 0 aliphatic carbocycles. The minimum absolute atomic E-state index is 0.217. The summed E-state index contributed by atoms with van der Waals surface area (Å²) >= 11 is 0. The average Bonchev–Trinajstić information content (AvgIpc) is 2.81. The summed E-state index contributed by atoms with van der Waals surface area (Å²) in [6.07, 6.45) is 2.53. The molecule has 2 rings (SSSR count). The zero-order chi connectivity index (χ0) is 13.3. The third-order valence-corrected chi connectivity index (χ3v) is 2.49. The largest absolute Gasteiger partial charge is 0.394 e. The number of nitrogens with zero attached hydrogens (tertiary/aromatic N) is 2. The predicted octanol–water partition coefficient (Wildman–Crippen LogP) is 1.28. The molecule has 4 nitrogen and oxygen atoms in total. The van der Waals surface area contributed by atoms with E-state index in [9.17, 15) is 13.2 Å². The van der Waals surface area contributed by atoms with Gasteiger partial charge in [0.2, 0.25) is 0 Å². The molecule has 1 aromatic heterocycles. The van der Waals surface area contributed by atoms with Gasteiger partial charge < -0.3 is 10.8 Å². The van der Waals surface area contributed by atoms with Gasteiger partial charge in [0.05, 0.1) is 36.6 Å². The molecule has 0 bridgehead atoms. The highest BCUT2D eigenvalue weighted by atomic mass is 19.2. The molecule has 7 heteroatoms. The molecule has 1 atom stereocenters. The quantitative estimate of drug-likeness (QED) is 0.814. The van der Waals surface area contributed by atoms with Crippen LogP contribution in [0.25, 0.3) is 5.69 Å². The van der Waals surface area contributed by atoms with E-state index in [-0.39, 0.29) is 12.3 Å². The van der Waals surface area contributed by atoms with Crippen LogP contribution in [0, 0.1) is 17.5 Å². The molecule has 0 aliphatic rings. The van der Waals surface area contributed by atoms with Crippen LogP contribution in [-0.2, 0) is 0 Å². The molecule has 3 N–H and O–H groups in total. The average molecular weight is 257 g/mol. The first-order chi connectivity index (χ1) is 8.54. The van der Waals surface area contributed by atoms with Crippen molar-refractivity contribution in [1.82, 2.24) is 9.55 Å². The Bertz CT molecular complexity index is 571. The molecular weight excluding hydrogens is 247 g/mol. The number of aromatic nitrogens is 2. The number of benzene rings is 1. The Balaban J connectivity index is 2.56. The van der Waals surface area contributed by atoms with Gasteiger partial charge in [-0.15, -0.1) is 0 Å². The van der Waals surface area contributed by atoms with Crippen molar-refractivity contribution in [3.63, 3.8) is 0 Å². The second kappa shape index (κ2) is 4.79. The SMILES string of the molecule is NC(CO)c1cncn1-c1cc(F)c(F)cc1F. The lowest BCUT2D eigenvalue weighted by Gasteiger charge is -2.13. The summed E-state index contributed by atoms with van der Waals surface area (Å²) in [6, 6.07) is 0.360. The summed E-state index contributed by atoms with van der Waals surface area (Å²) in [5, 5.41) is 8.95. The van der Waals surface area contributed by atoms with E-state index in [0.717, 1.165) is 0 Å². The summed E-state index contributed by atoms with van der Waals surface area (Å²) in [5.74, 6) is -3.40. The van der Waals surface area contributed by atoms with Gasteiger partial charge in [-0.2, -0.15) is 0 Å². The van der Waals surface area contributed by atoms with Crippen molar-refractivity contribution in [1.29, 1.82) is 0 Å². The number of rotatable bonds is 3. The van der Waals surface area contributed by atoms with Gasteiger partial charge in [0.15, 0.2) is 11.6 Å². The van der Waals surface area contributed by atoms with Crippen LogP contribution in [-0.4, -0.2) is 21.3 Å². The van der Waals surface area contributed by atoms with E-state index in [0.29, 0.717) is 17.8 Å². The van der Waals surface area contributed by atoms with Gasteiger partial charge in [0.25, 0.3) is 0 Å². The fourth-order valence-electron chi connectivity index (χ4n) is 1.57. The van der Waals surface area contributed by atoms with Gasteiger partial charge in [-0.25, -0.2) is 18.2 Å². The lowest BCUT2D eigenvalue weighted by molar-refractivity contribution is 0.264. The molecule has 0 amide bonds. The maximum absolute atomic E-state index is 13.6. The Morgan fingerprint density at radius 2 is 1.89 bits per heavy atom. The monoisotopic (exact) mass is 257 g/mol. The van der Waals surface area contributed by atoms with Crippen molar-refractivity contribution in [2.75, 3.05) is 6.61 Å². The van der Waals surface area contributed by atoms with Gasteiger partial charge in [-0.1, -0.05) is 0 Å².